The molecule has 0 spiro atoms. The number of aromatic nitrogens is 2. The molecule has 1 aliphatic heterocycles. The van der Waals surface area contributed by atoms with Crippen LogP contribution in [0, 0.1) is 0 Å². The van der Waals surface area contributed by atoms with Gasteiger partial charge in [0.15, 0.2) is 0 Å². The minimum atomic E-state index is 0.160. The minimum Gasteiger partial charge on any atom is -0.392 e. The molecular weight excluding hydrogens is 314 g/mol. The standard InChI is InChI=1S/C11H16BrN5S/c1-8(10(13)18)16-2-4-17(5-3-16)11-14-6-9(12)7-15-11/h6-8H,2-5H2,1H3,(H2,13,18). The normalized spacial score (nSPS) is 18.7. The zero-order valence-electron chi connectivity index (χ0n) is 10.2. The molecule has 0 bridgehead atoms. The largest absolute Gasteiger partial charge is 0.392 e. The van der Waals surface area contributed by atoms with Crippen LogP contribution in [-0.2, 0) is 0 Å². The Hall–Kier alpha value is -0.790. The van der Waals surface area contributed by atoms with Crippen molar-refractivity contribution in [2.24, 2.45) is 5.73 Å². The Balaban J connectivity index is 1.94. The van der Waals surface area contributed by atoms with Gasteiger partial charge in [0.1, 0.15) is 0 Å². The molecule has 1 saturated heterocycles. The summed E-state index contributed by atoms with van der Waals surface area (Å²) < 4.78 is 0.895. The Labute approximate surface area is 121 Å². The first-order valence-corrected chi connectivity index (χ1v) is 7.04. The zero-order valence-corrected chi connectivity index (χ0v) is 12.6. The van der Waals surface area contributed by atoms with Gasteiger partial charge in [0.25, 0.3) is 0 Å². The van der Waals surface area contributed by atoms with E-state index < -0.39 is 0 Å². The van der Waals surface area contributed by atoms with E-state index in [-0.39, 0.29) is 6.04 Å². The van der Waals surface area contributed by atoms with Crippen LogP contribution in [0.3, 0.4) is 0 Å². The van der Waals surface area contributed by atoms with Gasteiger partial charge in [0, 0.05) is 38.6 Å². The average Bonchev–Trinajstić information content (AvgIpc) is 2.39. The highest BCUT2D eigenvalue weighted by atomic mass is 79.9. The number of nitrogens with two attached hydrogens (primary N) is 1. The predicted molar refractivity (Wildman–Crippen MR) is 79.8 cm³/mol. The van der Waals surface area contributed by atoms with Crippen molar-refractivity contribution < 1.29 is 0 Å². The fourth-order valence-corrected chi connectivity index (χ4v) is 2.31. The lowest BCUT2D eigenvalue weighted by Crippen LogP contribution is -2.53. The van der Waals surface area contributed by atoms with E-state index in [9.17, 15) is 0 Å². The van der Waals surface area contributed by atoms with Crippen molar-refractivity contribution in [2.75, 3.05) is 31.1 Å². The van der Waals surface area contributed by atoms with Gasteiger partial charge in [-0.15, -0.1) is 0 Å². The smallest absolute Gasteiger partial charge is 0.225 e. The van der Waals surface area contributed by atoms with Crippen LogP contribution in [0.5, 0.6) is 0 Å². The fourth-order valence-electron chi connectivity index (χ4n) is 1.96. The van der Waals surface area contributed by atoms with E-state index >= 15 is 0 Å². The van der Waals surface area contributed by atoms with E-state index in [0.29, 0.717) is 4.99 Å². The molecule has 1 atom stereocenters. The Morgan fingerprint density at radius 3 is 2.39 bits per heavy atom. The van der Waals surface area contributed by atoms with Crippen LogP contribution in [0.15, 0.2) is 16.9 Å². The highest BCUT2D eigenvalue weighted by Crippen LogP contribution is 2.14. The number of hydrogen-bond acceptors (Lipinski definition) is 5. The maximum atomic E-state index is 5.68. The van der Waals surface area contributed by atoms with Gasteiger partial charge < -0.3 is 10.6 Å². The second kappa shape index (κ2) is 5.90. The van der Waals surface area contributed by atoms with Crippen molar-refractivity contribution in [1.29, 1.82) is 0 Å². The Morgan fingerprint density at radius 1 is 1.33 bits per heavy atom. The molecule has 0 aliphatic carbocycles. The van der Waals surface area contributed by atoms with Gasteiger partial charge in [0.05, 0.1) is 15.5 Å². The molecule has 0 radical (unpaired) electrons. The predicted octanol–water partition coefficient (Wildman–Crippen LogP) is 1.04. The van der Waals surface area contributed by atoms with Crippen LogP contribution in [-0.4, -0.2) is 52.1 Å². The van der Waals surface area contributed by atoms with E-state index in [2.05, 4.69) is 35.7 Å². The molecule has 0 saturated carbocycles. The van der Waals surface area contributed by atoms with E-state index in [4.69, 9.17) is 18.0 Å². The Kier molecular flexibility index (Phi) is 4.47. The first-order chi connectivity index (χ1) is 8.58. The molecule has 5 nitrogen and oxygen atoms in total. The molecule has 2 heterocycles. The van der Waals surface area contributed by atoms with Crippen molar-refractivity contribution >= 4 is 39.1 Å². The number of halogens is 1. The molecule has 18 heavy (non-hydrogen) atoms. The first kappa shape index (κ1) is 13.6. The molecule has 2 N–H and O–H groups in total. The molecule has 1 aromatic rings. The van der Waals surface area contributed by atoms with Crippen LogP contribution in [0.4, 0.5) is 5.95 Å². The van der Waals surface area contributed by atoms with E-state index in [1.807, 2.05) is 6.92 Å². The third-order valence-corrected chi connectivity index (χ3v) is 3.91. The SMILES string of the molecule is CC(C(N)=S)N1CCN(c2ncc(Br)cn2)CC1. The van der Waals surface area contributed by atoms with Gasteiger partial charge in [-0.2, -0.15) is 0 Å². The molecule has 7 heteroatoms. The van der Waals surface area contributed by atoms with Crippen LogP contribution in [0.1, 0.15) is 6.92 Å². The van der Waals surface area contributed by atoms with Crippen LogP contribution in [0.25, 0.3) is 0 Å². The third kappa shape index (κ3) is 3.15. The van der Waals surface area contributed by atoms with Crippen molar-refractivity contribution in [2.45, 2.75) is 13.0 Å². The topological polar surface area (TPSA) is 58.3 Å². The molecule has 1 aliphatic rings. The molecule has 2 rings (SSSR count). The van der Waals surface area contributed by atoms with Gasteiger partial charge in [-0.1, -0.05) is 12.2 Å². The lowest BCUT2D eigenvalue weighted by atomic mass is 10.2. The quantitative estimate of drug-likeness (QED) is 0.836. The average molecular weight is 330 g/mol. The summed E-state index contributed by atoms with van der Waals surface area (Å²) in [4.78, 5) is 13.6. The molecule has 1 unspecified atom stereocenters. The maximum absolute atomic E-state index is 5.68. The van der Waals surface area contributed by atoms with Crippen molar-refractivity contribution in [1.82, 2.24) is 14.9 Å². The van der Waals surface area contributed by atoms with Gasteiger partial charge in [-0.25, -0.2) is 9.97 Å². The zero-order chi connectivity index (χ0) is 13.1. The molecule has 0 amide bonds. The van der Waals surface area contributed by atoms with Crippen molar-refractivity contribution in [3.05, 3.63) is 16.9 Å². The molecule has 0 aromatic carbocycles. The summed E-state index contributed by atoms with van der Waals surface area (Å²) in [7, 11) is 0. The lowest BCUT2D eigenvalue weighted by Gasteiger charge is -2.37. The number of hydrogen-bond donors (Lipinski definition) is 1. The van der Waals surface area contributed by atoms with Crippen molar-refractivity contribution in [3.8, 4) is 0 Å². The highest BCUT2D eigenvalue weighted by molar-refractivity contribution is 9.10. The summed E-state index contributed by atoms with van der Waals surface area (Å²) in [6, 6.07) is 0.160. The maximum Gasteiger partial charge on any atom is 0.225 e. The molecular formula is C11H16BrN5S. The second-order valence-corrected chi connectivity index (χ2v) is 5.69. The van der Waals surface area contributed by atoms with Gasteiger partial charge in [0.2, 0.25) is 5.95 Å². The van der Waals surface area contributed by atoms with E-state index in [1.165, 1.54) is 0 Å². The number of nitrogens with zero attached hydrogens (tertiary/aromatic N) is 4. The molecule has 98 valence electrons. The summed E-state index contributed by atoms with van der Waals surface area (Å²) in [5, 5.41) is 0. The lowest BCUT2D eigenvalue weighted by molar-refractivity contribution is 0.238. The summed E-state index contributed by atoms with van der Waals surface area (Å²) in [5.41, 5.74) is 5.68. The van der Waals surface area contributed by atoms with Crippen LogP contribution >= 0.6 is 28.1 Å². The highest BCUT2D eigenvalue weighted by Gasteiger charge is 2.23. The number of anilines is 1. The van der Waals surface area contributed by atoms with Gasteiger partial charge >= 0.3 is 0 Å². The number of thiocarbonyl (C=S) groups is 1. The Morgan fingerprint density at radius 2 is 1.89 bits per heavy atom. The first-order valence-electron chi connectivity index (χ1n) is 5.84. The van der Waals surface area contributed by atoms with Crippen LogP contribution < -0.4 is 10.6 Å². The van der Waals surface area contributed by atoms with E-state index in [0.717, 1.165) is 36.6 Å². The number of piperazine rings is 1. The number of rotatable bonds is 3. The van der Waals surface area contributed by atoms with Crippen LogP contribution in [0.2, 0.25) is 0 Å². The minimum absolute atomic E-state index is 0.160. The summed E-state index contributed by atoms with van der Waals surface area (Å²) in [5.74, 6) is 0.779. The monoisotopic (exact) mass is 329 g/mol. The third-order valence-electron chi connectivity index (χ3n) is 3.16. The van der Waals surface area contributed by atoms with Gasteiger partial charge in [-0.05, 0) is 22.9 Å². The second-order valence-electron chi connectivity index (χ2n) is 4.30. The van der Waals surface area contributed by atoms with Gasteiger partial charge in [-0.3, -0.25) is 4.90 Å². The fraction of sp³-hybridized carbons (Fsp3) is 0.545. The van der Waals surface area contributed by atoms with Crippen molar-refractivity contribution in [3.63, 3.8) is 0 Å². The molecule has 1 fully saturated rings. The Bertz CT molecular complexity index is 416. The molecule has 1 aromatic heterocycles. The van der Waals surface area contributed by atoms with E-state index in [1.54, 1.807) is 12.4 Å². The summed E-state index contributed by atoms with van der Waals surface area (Å²) in [6.07, 6.45) is 3.54. The summed E-state index contributed by atoms with van der Waals surface area (Å²) in [6.45, 7) is 5.70. The summed E-state index contributed by atoms with van der Waals surface area (Å²) >= 11 is 8.36.